The molecule has 10 atom stereocenters. The van der Waals surface area contributed by atoms with Gasteiger partial charge in [-0.2, -0.15) is 0 Å². The maximum Gasteiger partial charge on any atom is 0.407 e. The summed E-state index contributed by atoms with van der Waals surface area (Å²) in [5.74, 6) is -1.38. The highest BCUT2D eigenvalue weighted by Crippen LogP contribution is 2.39. The zero-order valence-electron chi connectivity index (χ0n) is 29.9. The molecule has 11 heteroatoms. The van der Waals surface area contributed by atoms with E-state index in [2.05, 4.69) is 30.7 Å². The Labute approximate surface area is 290 Å². The zero-order chi connectivity index (χ0) is 36.1. The van der Waals surface area contributed by atoms with E-state index in [-0.39, 0.29) is 55.5 Å². The van der Waals surface area contributed by atoms with Crippen molar-refractivity contribution in [3.05, 3.63) is 78.2 Å². The van der Waals surface area contributed by atoms with Crippen molar-refractivity contribution in [1.82, 2.24) is 10.3 Å². The van der Waals surface area contributed by atoms with Crippen molar-refractivity contribution in [2.24, 2.45) is 17.8 Å². The number of aliphatic hydroxyl groups is 1. The highest BCUT2D eigenvalue weighted by Gasteiger charge is 2.52. The number of epoxide rings is 1. The molecule has 2 aliphatic heterocycles. The second-order valence-electron chi connectivity index (χ2n) is 13.1. The monoisotopic (exact) mass is 682 g/mol. The van der Waals surface area contributed by atoms with Gasteiger partial charge in [0.15, 0.2) is 0 Å². The molecule has 2 aliphatic rings. The van der Waals surface area contributed by atoms with Crippen LogP contribution in [-0.2, 0) is 39.8 Å². The van der Waals surface area contributed by atoms with Gasteiger partial charge in [0.2, 0.25) is 0 Å². The summed E-state index contributed by atoms with van der Waals surface area (Å²) in [6.45, 7) is 15.5. The van der Waals surface area contributed by atoms with Crippen LogP contribution in [0, 0.1) is 17.8 Å². The van der Waals surface area contributed by atoms with Gasteiger partial charge in [0.05, 0.1) is 24.7 Å². The van der Waals surface area contributed by atoms with E-state index >= 15 is 0 Å². The first-order chi connectivity index (χ1) is 23.3. The van der Waals surface area contributed by atoms with Gasteiger partial charge in [-0.1, -0.05) is 64.6 Å². The molecule has 1 amide bonds. The van der Waals surface area contributed by atoms with Crippen molar-refractivity contribution >= 4 is 18.0 Å². The van der Waals surface area contributed by atoms with Gasteiger partial charge in [-0.25, -0.2) is 4.79 Å². The molecule has 0 aromatic carbocycles. The second-order valence-corrected chi connectivity index (χ2v) is 13.1. The van der Waals surface area contributed by atoms with E-state index in [0.717, 1.165) is 17.6 Å². The number of hydrogen-bond acceptors (Lipinski definition) is 10. The predicted molar refractivity (Wildman–Crippen MR) is 185 cm³/mol. The normalized spacial score (nSPS) is 28.2. The number of aliphatic hydroxyl groups excluding tert-OH is 1. The Morgan fingerprint density at radius 2 is 1.98 bits per heavy atom. The van der Waals surface area contributed by atoms with Crippen molar-refractivity contribution in [2.75, 3.05) is 7.11 Å². The Bertz CT molecular complexity index is 1340. The molecular weight excluding hydrogens is 628 g/mol. The molecule has 0 spiro atoms. The number of aromatic nitrogens is 1. The fourth-order valence-electron chi connectivity index (χ4n) is 6.10. The molecule has 1 aromatic rings. The van der Waals surface area contributed by atoms with Crippen molar-refractivity contribution in [2.45, 2.75) is 116 Å². The summed E-state index contributed by atoms with van der Waals surface area (Å²) in [6, 6.07) is 3.67. The number of rotatable bonds is 13. The standard InChI is InChI=1S/C38H54N2O9/c1-9-31(45-8)27(6)36-37(48-36)35(49-38(44)40-22-29-14-11-19-39-21-29)25(4)13-10-12-24(3)34-26(5)16-18-32(46-28(7)41)23(2)15-17-30(42)20-33(43)47-34/h10-14,16,18-19,21,25-27,30-32,34-37,42H,2,9,15,17,20,22H2,1,3-8H3,(H,40,44)/b13-10+,18-16+,24-12+. The molecule has 2 N–H and O–H groups in total. The summed E-state index contributed by atoms with van der Waals surface area (Å²) in [5, 5.41) is 13.3. The third kappa shape index (κ3) is 12.5. The van der Waals surface area contributed by atoms with Gasteiger partial charge in [0.1, 0.15) is 24.4 Å². The SMILES string of the molecule is C=C1CCC(O)CC(=O)OC(/C(C)=C/C=C/C(C)C(OC(=O)NCc2cccnc2)C2OC2C(C)C(CC)OC)C(C)/C=C/C1OC(C)=O. The Morgan fingerprint density at radius 3 is 2.63 bits per heavy atom. The highest BCUT2D eigenvalue weighted by molar-refractivity contribution is 5.70. The summed E-state index contributed by atoms with van der Waals surface area (Å²) in [6.07, 6.45) is 10.2. The highest BCUT2D eigenvalue weighted by atomic mass is 16.6. The first-order valence-electron chi connectivity index (χ1n) is 17.1. The largest absolute Gasteiger partial charge is 0.457 e. The molecule has 0 aliphatic carbocycles. The van der Waals surface area contributed by atoms with E-state index in [1.54, 1.807) is 31.6 Å². The molecule has 0 radical (unpaired) electrons. The lowest BCUT2D eigenvalue weighted by Crippen LogP contribution is -2.37. The smallest absolute Gasteiger partial charge is 0.407 e. The van der Waals surface area contributed by atoms with E-state index in [1.165, 1.54) is 6.92 Å². The topological polar surface area (TPSA) is 146 Å². The lowest BCUT2D eigenvalue weighted by molar-refractivity contribution is -0.151. The summed E-state index contributed by atoms with van der Waals surface area (Å²) in [5.41, 5.74) is 2.25. The minimum absolute atomic E-state index is 0.0136. The average Bonchev–Trinajstić information content (AvgIpc) is 3.86. The van der Waals surface area contributed by atoms with E-state index < -0.39 is 42.4 Å². The molecule has 11 nitrogen and oxygen atoms in total. The Balaban J connectivity index is 1.79. The van der Waals surface area contributed by atoms with Crippen LogP contribution in [0.1, 0.15) is 72.8 Å². The summed E-state index contributed by atoms with van der Waals surface area (Å²) >= 11 is 0. The van der Waals surface area contributed by atoms with Crippen LogP contribution in [0.3, 0.4) is 0 Å². The van der Waals surface area contributed by atoms with Crippen LogP contribution in [0.5, 0.6) is 0 Å². The number of pyridine rings is 1. The zero-order valence-corrected chi connectivity index (χ0v) is 29.9. The molecular formula is C38H54N2O9. The second kappa shape index (κ2) is 19.4. The van der Waals surface area contributed by atoms with E-state index in [1.807, 2.05) is 51.1 Å². The van der Waals surface area contributed by atoms with Gasteiger partial charge in [-0.3, -0.25) is 14.6 Å². The van der Waals surface area contributed by atoms with Crippen LogP contribution >= 0.6 is 0 Å². The molecule has 49 heavy (non-hydrogen) atoms. The number of hydrogen-bond donors (Lipinski definition) is 2. The van der Waals surface area contributed by atoms with E-state index in [0.29, 0.717) is 12.0 Å². The quantitative estimate of drug-likeness (QED) is 0.0863. The molecule has 10 unspecified atom stereocenters. The number of amides is 1. The first-order valence-corrected chi connectivity index (χ1v) is 17.1. The average molecular weight is 683 g/mol. The van der Waals surface area contributed by atoms with Gasteiger partial charge in [-0.05, 0) is 55.0 Å². The Kier molecular flexibility index (Phi) is 15.7. The van der Waals surface area contributed by atoms with Crippen LogP contribution in [0.4, 0.5) is 4.79 Å². The number of cyclic esters (lactones) is 1. The van der Waals surface area contributed by atoms with E-state index in [9.17, 15) is 19.5 Å². The fourth-order valence-corrected chi connectivity index (χ4v) is 6.10. The lowest BCUT2D eigenvalue weighted by Gasteiger charge is -2.26. The maximum absolute atomic E-state index is 13.0. The van der Waals surface area contributed by atoms with Crippen LogP contribution < -0.4 is 5.32 Å². The van der Waals surface area contributed by atoms with Crippen LogP contribution in [0.15, 0.2) is 72.6 Å². The van der Waals surface area contributed by atoms with Gasteiger partial charge in [0.25, 0.3) is 0 Å². The van der Waals surface area contributed by atoms with Gasteiger partial charge < -0.3 is 34.1 Å². The number of carbonyl (C=O) groups is 3. The number of allylic oxidation sites excluding steroid dienone is 2. The van der Waals surface area contributed by atoms with Crippen molar-refractivity contribution in [3.63, 3.8) is 0 Å². The van der Waals surface area contributed by atoms with Crippen LogP contribution in [0.25, 0.3) is 0 Å². The van der Waals surface area contributed by atoms with Crippen molar-refractivity contribution in [3.8, 4) is 0 Å². The number of alkyl carbamates (subject to hydrolysis) is 1. The Morgan fingerprint density at radius 1 is 1.22 bits per heavy atom. The number of esters is 2. The molecule has 0 saturated carbocycles. The molecule has 3 rings (SSSR count). The first kappa shape index (κ1) is 39.6. The van der Waals surface area contributed by atoms with Crippen molar-refractivity contribution < 1.29 is 43.2 Å². The lowest BCUT2D eigenvalue weighted by atomic mass is 9.91. The molecule has 1 fully saturated rings. The Hall–Kier alpha value is -3.80. The summed E-state index contributed by atoms with van der Waals surface area (Å²) < 4.78 is 29.1. The maximum atomic E-state index is 13.0. The molecule has 270 valence electrons. The van der Waals surface area contributed by atoms with E-state index in [4.69, 9.17) is 23.7 Å². The summed E-state index contributed by atoms with van der Waals surface area (Å²) in [4.78, 5) is 41.6. The number of ether oxygens (including phenoxy) is 5. The third-order valence-corrected chi connectivity index (χ3v) is 9.06. The minimum Gasteiger partial charge on any atom is -0.457 e. The van der Waals surface area contributed by atoms with Gasteiger partial charge in [0, 0.05) is 50.7 Å². The molecule has 1 saturated heterocycles. The summed E-state index contributed by atoms with van der Waals surface area (Å²) in [7, 11) is 1.69. The molecule has 3 heterocycles. The number of methoxy groups -OCH3 is 1. The minimum atomic E-state index is -0.919. The number of nitrogens with one attached hydrogen (secondary N) is 1. The van der Waals surface area contributed by atoms with Crippen LogP contribution in [0.2, 0.25) is 0 Å². The third-order valence-electron chi connectivity index (χ3n) is 9.06. The fraction of sp³-hybridized carbons (Fsp3) is 0.579. The molecule has 1 aromatic heterocycles. The number of carbonyl (C=O) groups excluding carboxylic acids is 3. The van der Waals surface area contributed by atoms with Crippen LogP contribution in [-0.4, -0.2) is 78.0 Å². The van der Waals surface area contributed by atoms with Crippen molar-refractivity contribution in [1.29, 1.82) is 0 Å². The predicted octanol–water partition coefficient (Wildman–Crippen LogP) is 5.78. The van der Waals surface area contributed by atoms with Gasteiger partial charge in [-0.15, -0.1) is 0 Å². The molecule has 0 bridgehead atoms. The van der Waals surface area contributed by atoms with Gasteiger partial charge >= 0.3 is 18.0 Å². The number of nitrogens with zero attached hydrogens (tertiary/aromatic N) is 1.